The number of hydrogen-bond donors (Lipinski definition) is 2. The van der Waals surface area contributed by atoms with Crippen LogP contribution in [0.5, 0.6) is 0 Å². The summed E-state index contributed by atoms with van der Waals surface area (Å²) < 4.78 is 27.4. The molecule has 1 aromatic rings. The van der Waals surface area contributed by atoms with E-state index in [1.54, 1.807) is 30.3 Å². The predicted molar refractivity (Wildman–Crippen MR) is 123 cm³/mol. The number of hydrogen-bond acceptors (Lipinski definition) is 3. The number of aliphatic carboxylic acids is 1. The highest BCUT2D eigenvalue weighted by molar-refractivity contribution is 7.89. The first kappa shape index (κ1) is 23.0. The highest BCUT2D eigenvalue weighted by Crippen LogP contribution is 2.41. The molecular weight excluding hydrogens is 410 g/mol. The molecule has 164 valence electrons. The number of rotatable bonds is 10. The van der Waals surface area contributed by atoms with Gasteiger partial charge in [-0.05, 0) is 65.1 Å². The van der Waals surface area contributed by atoms with E-state index in [9.17, 15) is 18.3 Å². The molecule has 6 heteroatoms. The largest absolute Gasteiger partial charge is 0.481 e. The third kappa shape index (κ3) is 5.51. The average molecular weight is 440 g/mol. The van der Waals surface area contributed by atoms with Crippen LogP contribution in [-0.2, 0) is 27.7 Å². The molecule has 2 aliphatic rings. The maximum Gasteiger partial charge on any atom is 0.307 e. The van der Waals surface area contributed by atoms with Crippen molar-refractivity contribution in [2.75, 3.05) is 6.54 Å². The summed E-state index contributed by atoms with van der Waals surface area (Å²) in [6, 6.07) is 18.3. The van der Waals surface area contributed by atoms with Crippen LogP contribution in [0.4, 0.5) is 0 Å². The molecule has 2 N–H and O–H groups in total. The summed E-state index contributed by atoms with van der Waals surface area (Å²) in [5.41, 5.74) is 5.29. The summed E-state index contributed by atoms with van der Waals surface area (Å²) in [7, 11) is -3.50. The number of nitrogens with one attached hydrogen (secondary N) is 1. The van der Waals surface area contributed by atoms with Crippen molar-refractivity contribution in [2.45, 2.75) is 50.3 Å². The lowest BCUT2D eigenvalue weighted by Gasteiger charge is -2.12. The Morgan fingerprint density at radius 2 is 1.48 bits per heavy atom. The quantitative estimate of drug-likeness (QED) is 0.443. The van der Waals surface area contributed by atoms with Crippen molar-refractivity contribution in [3.8, 4) is 11.1 Å². The van der Waals surface area contributed by atoms with Gasteiger partial charge in [-0.1, -0.05) is 62.4 Å². The third-order valence-corrected chi connectivity index (χ3v) is 6.92. The fourth-order valence-electron chi connectivity index (χ4n) is 4.17. The Labute approximate surface area is 184 Å². The summed E-state index contributed by atoms with van der Waals surface area (Å²) in [5, 5.41) is 9.46. The maximum absolute atomic E-state index is 12.4. The summed E-state index contributed by atoms with van der Waals surface area (Å²) in [6.45, 7) is 4.55. The second-order valence-corrected chi connectivity index (χ2v) is 9.77. The SMILES string of the molecule is CC(C)c1c(CCCCNS(=O)(=O)c2ccccc2)c2cccccc-2c1CC(=O)O. The molecule has 3 rings (SSSR count). The highest BCUT2D eigenvalue weighted by Gasteiger charge is 2.25. The van der Waals surface area contributed by atoms with Crippen LogP contribution < -0.4 is 4.72 Å². The zero-order valence-electron chi connectivity index (χ0n) is 18.0. The molecule has 0 atom stereocenters. The van der Waals surface area contributed by atoms with Gasteiger partial charge in [0.15, 0.2) is 0 Å². The smallest absolute Gasteiger partial charge is 0.307 e. The predicted octanol–water partition coefficient (Wildman–Crippen LogP) is 4.84. The van der Waals surface area contributed by atoms with E-state index in [2.05, 4.69) is 24.6 Å². The van der Waals surface area contributed by atoms with Gasteiger partial charge < -0.3 is 5.11 Å². The van der Waals surface area contributed by atoms with Crippen molar-refractivity contribution in [3.05, 3.63) is 77.4 Å². The normalized spacial score (nSPS) is 11.8. The minimum Gasteiger partial charge on any atom is -0.481 e. The lowest BCUT2D eigenvalue weighted by Crippen LogP contribution is -2.24. The van der Waals surface area contributed by atoms with Crippen LogP contribution in [0.2, 0.25) is 0 Å². The molecule has 2 aliphatic carbocycles. The Hall–Kier alpha value is -2.70. The molecule has 0 fully saturated rings. The Kier molecular flexibility index (Phi) is 7.46. The van der Waals surface area contributed by atoms with Gasteiger partial charge in [0.25, 0.3) is 0 Å². The summed E-state index contributed by atoms with van der Waals surface area (Å²) >= 11 is 0. The molecule has 0 unspecified atom stereocenters. The Morgan fingerprint density at radius 3 is 2.06 bits per heavy atom. The summed E-state index contributed by atoms with van der Waals surface area (Å²) in [5.74, 6) is -0.624. The molecule has 0 radical (unpaired) electrons. The molecule has 0 bridgehead atoms. The van der Waals surface area contributed by atoms with E-state index in [0.29, 0.717) is 13.0 Å². The van der Waals surface area contributed by atoms with Crippen molar-refractivity contribution in [1.29, 1.82) is 0 Å². The lowest BCUT2D eigenvalue weighted by molar-refractivity contribution is -0.136. The van der Waals surface area contributed by atoms with Crippen molar-refractivity contribution >= 4 is 16.0 Å². The van der Waals surface area contributed by atoms with Gasteiger partial charge in [-0.2, -0.15) is 0 Å². The number of fused-ring (bicyclic) bond motifs is 1. The van der Waals surface area contributed by atoms with Crippen LogP contribution in [0.1, 0.15) is 49.3 Å². The molecule has 1 aromatic carbocycles. The number of benzene rings is 1. The van der Waals surface area contributed by atoms with E-state index in [4.69, 9.17) is 0 Å². The van der Waals surface area contributed by atoms with Gasteiger partial charge in [0, 0.05) is 6.54 Å². The second-order valence-electron chi connectivity index (χ2n) is 8.00. The number of carboxylic acid groups (broad SMARTS) is 1. The van der Waals surface area contributed by atoms with Crippen molar-refractivity contribution in [3.63, 3.8) is 0 Å². The van der Waals surface area contributed by atoms with Crippen molar-refractivity contribution < 1.29 is 18.3 Å². The molecule has 0 saturated heterocycles. The summed E-state index contributed by atoms with van der Waals surface area (Å²) in [4.78, 5) is 11.8. The number of unbranched alkanes of at least 4 members (excludes halogenated alkanes) is 1. The first-order valence-corrected chi connectivity index (χ1v) is 12.1. The fraction of sp³-hybridized carbons (Fsp3) is 0.320. The Balaban J connectivity index is 1.74. The van der Waals surface area contributed by atoms with Gasteiger partial charge in [0.2, 0.25) is 10.0 Å². The average Bonchev–Trinajstić information content (AvgIpc) is 2.86. The summed E-state index contributed by atoms with van der Waals surface area (Å²) in [6.07, 6.45) is 2.29. The van der Waals surface area contributed by atoms with Crippen molar-refractivity contribution in [2.24, 2.45) is 0 Å². The second kappa shape index (κ2) is 10.1. The van der Waals surface area contributed by atoms with E-state index < -0.39 is 16.0 Å². The van der Waals surface area contributed by atoms with Crippen LogP contribution >= 0.6 is 0 Å². The van der Waals surface area contributed by atoms with Crippen LogP contribution in [0.25, 0.3) is 11.1 Å². The first-order chi connectivity index (χ1) is 14.8. The van der Waals surface area contributed by atoms with Crippen LogP contribution in [0.15, 0.2) is 65.6 Å². The highest BCUT2D eigenvalue weighted by atomic mass is 32.2. The third-order valence-electron chi connectivity index (χ3n) is 5.44. The van der Waals surface area contributed by atoms with E-state index in [1.807, 2.05) is 24.3 Å². The standard InChI is InChI=1S/C25H29NO4S/c1-18(2)25-22(20-13-7-4-8-14-21(20)23(25)17-24(27)28)15-9-10-16-26-31(29,30)19-11-5-3-6-12-19/h3-8,11-14,18,26H,9-10,15-17H2,1-2H3,(H,27,28). The lowest BCUT2D eigenvalue weighted by atomic mass is 9.94. The van der Waals surface area contributed by atoms with E-state index in [0.717, 1.165) is 35.1 Å². The molecule has 0 saturated carbocycles. The molecule has 0 aliphatic heterocycles. The van der Waals surface area contributed by atoms with Gasteiger partial charge in [-0.25, -0.2) is 13.1 Å². The zero-order chi connectivity index (χ0) is 22.4. The van der Waals surface area contributed by atoms with Gasteiger partial charge in [-0.3, -0.25) is 4.79 Å². The molecule has 31 heavy (non-hydrogen) atoms. The monoisotopic (exact) mass is 439 g/mol. The molecule has 5 nitrogen and oxygen atoms in total. The Bertz CT molecular complexity index is 1110. The molecule has 0 spiro atoms. The fourth-order valence-corrected chi connectivity index (χ4v) is 5.27. The number of sulfonamides is 1. The molecular formula is C25H29NO4S. The van der Waals surface area contributed by atoms with Crippen LogP contribution in [0, 0.1) is 0 Å². The van der Waals surface area contributed by atoms with Crippen molar-refractivity contribution in [1.82, 2.24) is 4.72 Å². The van der Waals surface area contributed by atoms with Gasteiger partial charge in [-0.15, -0.1) is 0 Å². The van der Waals surface area contributed by atoms with E-state index >= 15 is 0 Å². The van der Waals surface area contributed by atoms with Gasteiger partial charge in [0.05, 0.1) is 11.3 Å². The number of carboxylic acids is 1. The van der Waals surface area contributed by atoms with Gasteiger partial charge >= 0.3 is 5.97 Å². The van der Waals surface area contributed by atoms with E-state index in [-0.39, 0.29) is 17.2 Å². The Morgan fingerprint density at radius 1 is 0.903 bits per heavy atom. The van der Waals surface area contributed by atoms with Gasteiger partial charge in [0.1, 0.15) is 0 Å². The minimum absolute atomic E-state index is 0.00486. The molecule has 0 amide bonds. The number of carbonyl (C=O) groups is 1. The zero-order valence-corrected chi connectivity index (χ0v) is 18.8. The topological polar surface area (TPSA) is 83.5 Å². The van der Waals surface area contributed by atoms with E-state index in [1.165, 1.54) is 5.56 Å². The van der Waals surface area contributed by atoms with Crippen LogP contribution in [-0.4, -0.2) is 26.0 Å². The molecule has 0 aromatic heterocycles. The first-order valence-electron chi connectivity index (χ1n) is 10.6. The minimum atomic E-state index is -3.50. The maximum atomic E-state index is 12.4. The van der Waals surface area contributed by atoms with Crippen LogP contribution in [0.3, 0.4) is 0 Å². The molecule has 0 heterocycles.